The zero-order valence-electron chi connectivity index (χ0n) is 16.7. The number of ether oxygens (including phenoxy) is 3. The van der Waals surface area contributed by atoms with E-state index in [1.54, 1.807) is 42.5 Å². The molecular weight excluding hydrogens is 454 g/mol. The molecule has 0 saturated heterocycles. The van der Waals surface area contributed by atoms with E-state index in [0.29, 0.717) is 39.5 Å². The Kier molecular flexibility index (Phi) is 6.89. The maximum absolute atomic E-state index is 12.3. The molecule has 156 valence electrons. The fourth-order valence-corrected chi connectivity index (χ4v) is 3.23. The second kappa shape index (κ2) is 9.58. The lowest BCUT2D eigenvalue weighted by atomic mass is 10.1. The van der Waals surface area contributed by atoms with Crippen LogP contribution >= 0.6 is 15.9 Å². The molecule has 0 aliphatic rings. The first-order valence-corrected chi connectivity index (χ1v) is 9.87. The lowest BCUT2D eigenvalue weighted by Crippen LogP contribution is -2.14. The van der Waals surface area contributed by atoms with Crippen LogP contribution in [-0.2, 0) is 11.3 Å². The summed E-state index contributed by atoms with van der Waals surface area (Å²) >= 11 is 3.33. The van der Waals surface area contributed by atoms with Crippen molar-refractivity contribution in [3.8, 4) is 11.5 Å². The number of aromatic nitrogens is 1. The molecule has 0 atom stereocenters. The number of carbonyl (C=O) groups is 2. The van der Waals surface area contributed by atoms with Crippen LogP contribution in [0, 0.1) is 13.8 Å². The van der Waals surface area contributed by atoms with Crippen LogP contribution in [0.25, 0.3) is 0 Å². The zero-order valence-corrected chi connectivity index (χ0v) is 18.3. The molecule has 0 fully saturated rings. The summed E-state index contributed by atoms with van der Waals surface area (Å²) in [6.45, 7) is 3.63. The van der Waals surface area contributed by atoms with Gasteiger partial charge in [-0.05, 0) is 72.2 Å². The average molecular weight is 474 g/mol. The molecule has 0 aliphatic carbocycles. The van der Waals surface area contributed by atoms with Gasteiger partial charge in [-0.15, -0.1) is 0 Å². The number of ketones is 1. The van der Waals surface area contributed by atoms with Gasteiger partial charge < -0.3 is 18.7 Å². The van der Waals surface area contributed by atoms with Crippen molar-refractivity contribution in [2.45, 2.75) is 20.5 Å². The number of methoxy groups -OCH3 is 1. The van der Waals surface area contributed by atoms with Gasteiger partial charge in [0.05, 0.1) is 28.4 Å². The zero-order chi connectivity index (χ0) is 21.7. The molecule has 0 bridgehead atoms. The van der Waals surface area contributed by atoms with Crippen LogP contribution in [0.3, 0.4) is 0 Å². The van der Waals surface area contributed by atoms with E-state index in [4.69, 9.17) is 18.7 Å². The first-order valence-electron chi connectivity index (χ1n) is 9.07. The summed E-state index contributed by atoms with van der Waals surface area (Å²) in [5, 5.41) is 3.88. The van der Waals surface area contributed by atoms with Gasteiger partial charge in [-0.2, -0.15) is 0 Å². The van der Waals surface area contributed by atoms with E-state index in [0.717, 1.165) is 11.3 Å². The van der Waals surface area contributed by atoms with Crippen LogP contribution in [0.1, 0.15) is 37.7 Å². The van der Waals surface area contributed by atoms with Gasteiger partial charge >= 0.3 is 5.97 Å². The minimum absolute atomic E-state index is 0.314. The first-order chi connectivity index (χ1) is 14.4. The Labute approximate surface area is 182 Å². The number of nitrogens with zero attached hydrogens (tertiary/aromatic N) is 1. The highest BCUT2D eigenvalue weighted by molar-refractivity contribution is 9.10. The van der Waals surface area contributed by atoms with Crippen molar-refractivity contribution >= 4 is 27.7 Å². The van der Waals surface area contributed by atoms with Crippen LogP contribution in [0.4, 0.5) is 0 Å². The van der Waals surface area contributed by atoms with E-state index < -0.39 is 5.97 Å². The highest BCUT2D eigenvalue weighted by Gasteiger charge is 2.14. The number of esters is 1. The molecule has 7 nitrogen and oxygen atoms in total. The van der Waals surface area contributed by atoms with E-state index in [-0.39, 0.29) is 12.4 Å². The van der Waals surface area contributed by atoms with Gasteiger partial charge in [0.1, 0.15) is 23.9 Å². The molecule has 0 saturated carbocycles. The third kappa shape index (κ3) is 5.07. The average Bonchev–Trinajstić information content (AvgIpc) is 3.07. The summed E-state index contributed by atoms with van der Waals surface area (Å²) in [4.78, 5) is 24.5. The van der Waals surface area contributed by atoms with Crippen molar-refractivity contribution in [2.75, 3.05) is 13.7 Å². The SMILES string of the molecule is COc1ccc(C(=O)COC(=O)c2ccc(OCc3c(C)noc3C)cc2)cc1Br. The molecule has 0 amide bonds. The third-order valence-corrected chi connectivity index (χ3v) is 5.08. The van der Waals surface area contributed by atoms with Gasteiger partial charge in [-0.1, -0.05) is 5.16 Å². The van der Waals surface area contributed by atoms with Crippen LogP contribution in [0.5, 0.6) is 11.5 Å². The largest absolute Gasteiger partial charge is 0.496 e. The quantitative estimate of drug-likeness (QED) is 0.346. The predicted molar refractivity (Wildman–Crippen MR) is 112 cm³/mol. The summed E-state index contributed by atoms with van der Waals surface area (Å²) in [6.07, 6.45) is 0. The molecule has 0 unspecified atom stereocenters. The Morgan fingerprint density at radius 1 is 1.07 bits per heavy atom. The van der Waals surface area contributed by atoms with Gasteiger partial charge in [0.2, 0.25) is 0 Å². The molecule has 0 radical (unpaired) electrons. The van der Waals surface area contributed by atoms with Crippen LogP contribution in [0.2, 0.25) is 0 Å². The Morgan fingerprint density at radius 3 is 2.37 bits per heavy atom. The maximum atomic E-state index is 12.3. The molecular formula is C22H20BrNO6. The third-order valence-electron chi connectivity index (χ3n) is 4.46. The van der Waals surface area contributed by atoms with Crippen molar-refractivity contribution < 1.29 is 28.3 Å². The van der Waals surface area contributed by atoms with E-state index in [9.17, 15) is 9.59 Å². The van der Waals surface area contributed by atoms with Crippen LogP contribution in [0.15, 0.2) is 51.5 Å². The van der Waals surface area contributed by atoms with Gasteiger partial charge in [0.25, 0.3) is 0 Å². The van der Waals surface area contributed by atoms with E-state index >= 15 is 0 Å². The van der Waals surface area contributed by atoms with Gasteiger partial charge in [0.15, 0.2) is 12.4 Å². The number of rotatable bonds is 8. The fraction of sp³-hybridized carbons (Fsp3) is 0.227. The second-order valence-corrected chi connectivity index (χ2v) is 7.32. The first kappa shape index (κ1) is 21.6. The summed E-state index contributed by atoms with van der Waals surface area (Å²) in [6, 6.07) is 11.4. The number of carbonyl (C=O) groups excluding carboxylic acids is 2. The highest BCUT2D eigenvalue weighted by atomic mass is 79.9. The van der Waals surface area contributed by atoms with Gasteiger partial charge in [0, 0.05) is 5.56 Å². The van der Waals surface area contributed by atoms with Gasteiger partial charge in [-0.25, -0.2) is 4.79 Å². The standard InChI is InChI=1S/C22H20BrNO6/c1-13-18(14(2)30-24-13)11-28-17-7-4-15(5-8-17)22(26)29-12-20(25)16-6-9-21(27-3)19(23)10-16/h4-10H,11-12H2,1-3H3. The molecule has 30 heavy (non-hydrogen) atoms. The highest BCUT2D eigenvalue weighted by Crippen LogP contribution is 2.25. The van der Waals surface area contributed by atoms with Crippen molar-refractivity contribution in [1.29, 1.82) is 0 Å². The number of halogens is 1. The Balaban J connectivity index is 1.54. The summed E-state index contributed by atoms with van der Waals surface area (Å²) < 4.78 is 21.7. The normalized spacial score (nSPS) is 10.5. The summed E-state index contributed by atoms with van der Waals surface area (Å²) in [7, 11) is 1.54. The molecule has 3 aromatic rings. The lowest BCUT2D eigenvalue weighted by Gasteiger charge is -2.08. The van der Waals surface area contributed by atoms with Crippen LogP contribution < -0.4 is 9.47 Å². The molecule has 0 N–H and O–H groups in total. The monoisotopic (exact) mass is 473 g/mol. The number of aryl methyl sites for hydroxylation is 2. The van der Waals surface area contributed by atoms with Crippen molar-refractivity contribution in [3.05, 3.63) is 75.1 Å². The molecule has 0 aliphatic heterocycles. The minimum Gasteiger partial charge on any atom is -0.496 e. The Bertz CT molecular complexity index is 1040. The summed E-state index contributed by atoms with van der Waals surface area (Å²) in [5.74, 6) is 1.01. The van der Waals surface area contributed by atoms with Crippen molar-refractivity contribution in [3.63, 3.8) is 0 Å². The van der Waals surface area contributed by atoms with Gasteiger partial charge in [-0.3, -0.25) is 4.79 Å². The van der Waals surface area contributed by atoms with Crippen molar-refractivity contribution in [2.24, 2.45) is 0 Å². The Morgan fingerprint density at radius 2 is 1.77 bits per heavy atom. The number of hydrogen-bond acceptors (Lipinski definition) is 7. The molecule has 8 heteroatoms. The minimum atomic E-state index is -0.590. The Hall–Kier alpha value is -3.13. The molecule has 1 aromatic heterocycles. The van der Waals surface area contributed by atoms with Crippen LogP contribution in [-0.4, -0.2) is 30.6 Å². The van der Waals surface area contributed by atoms with E-state index in [1.165, 1.54) is 7.11 Å². The van der Waals surface area contributed by atoms with E-state index in [1.807, 2.05) is 13.8 Å². The predicted octanol–water partition coefficient (Wildman–Crippen LogP) is 4.68. The maximum Gasteiger partial charge on any atom is 0.338 e. The second-order valence-electron chi connectivity index (χ2n) is 6.46. The number of Topliss-reactive ketones (excluding diaryl/α,β-unsaturated/α-hetero) is 1. The number of hydrogen-bond donors (Lipinski definition) is 0. The molecule has 3 rings (SSSR count). The lowest BCUT2D eigenvalue weighted by molar-refractivity contribution is 0.0474. The molecule has 1 heterocycles. The van der Waals surface area contributed by atoms with Crippen molar-refractivity contribution in [1.82, 2.24) is 5.16 Å². The fourth-order valence-electron chi connectivity index (χ4n) is 2.69. The molecule has 2 aromatic carbocycles. The summed E-state index contributed by atoms with van der Waals surface area (Å²) in [5.41, 5.74) is 2.41. The van der Waals surface area contributed by atoms with E-state index in [2.05, 4.69) is 21.1 Å². The molecule has 0 spiro atoms. The topological polar surface area (TPSA) is 87.9 Å². The smallest absolute Gasteiger partial charge is 0.338 e. The number of benzene rings is 2.